The summed E-state index contributed by atoms with van der Waals surface area (Å²) in [6, 6.07) is 9.83. The highest BCUT2D eigenvalue weighted by Gasteiger charge is 2.21. The van der Waals surface area contributed by atoms with Crippen LogP contribution in [0.3, 0.4) is 0 Å². The fraction of sp³-hybridized carbons (Fsp3) is 0.0625. The second-order valence-electron chi connectivity index (χ2n) is 5.22. The van der Waals surface area contributed by atoms with Crippen LogP contribution >= 0.6 is 23.6 Å². The molecular weight excluding hydrogens is 330 g/mol. The number of thiocarbonyl (C=S) groups is 1. The van der Waals surface area contributed by atoms with Crippen LogP contribution in [0.25, 0.3) is 16.5 Å². The van der Waals surface area contributed by atoms with Crippen LogP contribution in [-0.2, 0) is 11.3 Å². The van der Waals surface area contributed by atoms with Crippen LogP contribution in [0.4, 0.5) is 0 Å². The molecule has 0 aliphatic carbocycles. The second kappa shape index (κ2) is 5.29. The molecule has 7 heteroatoms. The van der Waals surface area contributed by atoms with Crippen LogP contribution < -0.4 is 16.0 Å². The summed E-state index contributed by atoms with van der Waals surface area (Å²) in [5, 5.41) is 8.50. The fourth-order valence-electron chi connectivity index (χ4n) is 2.58. The van der Waals surface area contributed by atoms with E-state index in [-0.39, 0.29) is 11.8 Å². The number of rotatable bonds is 2. The summed E-state index contributed by atoms with van der Waals surface area (Å²) in [5.74, 6) is -0.250. The number of nitrogens with one attached hydrogen (secondary N) is 3. The minimum atomic E-state index is -0.223. The first-order chi connectivity index (χ1) is 11.1. The summed E-state index contributed by atoms with van der Waals surface area (Å²) in [6.45, 7) is 0.594. The number of thiophene rings is 1. The molecule has 114 valence electrons. The van der Waals surface area contributed by atoms with Crippen molar-refractivity contribution < 1.29 is 9.59 Å². The molecule has 0 unspecified atom stereocenters. The molecule has 2 aliphatic rings. The highest BCUT2D eigenvalue weighted by atomic mass is 32.1. The first kappa shape index (κ1) is 14.1. The van der Waals surface area contributed by atoms with Gasteiger partial charge in [0.2, 0.25) is 0 Å². The predicted octanol–water partition coefficient (Wildman–Crippen LogP) is 2.00. The highest BCUT2D eigenvalue weighted by molar-refractivity contribution is 7.80. The molecule has 3 heterocycles. The lowest BCUT2D eigenvalue weighted by Gasteiger charge is -2.00. The van der Waals surface area contributed by atoms with Gasteiger partial charge < -0.3 is 10.6 Å². The van der Waals surface area contributed by atoms with Gasteiger partial charge in [-0.15, -0.1) is 11.3 Å². The minimum Gasteiger partial charge on any atom is -0.348 e. The van der Waals surface area contributed by atoms with Gasteiger partial charge in [-0.25, -0.2) is 0 Å². The Morgan fingerprint density at radius 2 is 1.96 bits per heavy atom. The van der Waals surface area contributed by atoms with E-state index in [1.54, 1.807) is 17.4 Å². The standard InChI is InChI=1S/C16H11N3O2S2/c20-14-11-5-8(1-2-9(11)7-17-14)13-4-3-10(23-13)6-12-15(21)19-16(22)18-12/h1-6H,7H2,(H,17,20)(H2,18,19,21,22). The molecule has 2 aliphatic heterocycles. The number of carbonyl (C=O) groups is 2. The zero-order valence-electron chi connectivity index (χ0n) is 11.8. The lowest BCUT2D eigenvalue weighted by atomic mass is 10.1. The van der Waals surface area contributed by atoms with Crippen molar-refractivity contribution in [1.82, 2.24) is 16.0 Å². The lowest BCUT2D eigenvalue weighted by molar-refractivity contribution is -0.115. The normalized spacial score (nSPS) is 17.9. The average molecular weight is 341 g/mol. The van der Waals surface area contributed by atoms with E-state index in [9.17, 15) is 9.59 Å². The van der Waals surface area contributed by atoms with Gasteiger partial charge in [-0.3, -0.25) is 14.9 Å². The van der Waals surface area contributed by atoms with Gasteiger partial charge in [-0.05, 0) is 47.6 Å². The van der Waals surface area contributed by atoms with E-state index in [0.29, 0.717) is 17.4 Å². The van der Waals surface area contributed by atoms with E-state index in [1.165, 1.54) is 0 Å². The first-order valence-electron chi connectivity index (χ1n) is 6.95. The van der Waals surface area contributed by atoms with Gasteiger partial charge in [-0.1, -0.05) is 12.1 Å². The summed E-state index contributed by atoms with van der Waals surface area (Å²) < 4.78 is 0. The van der Waals surface area contributed by atoms with Crippen molar-refractivity contribution in [3.05, 3.63) is 52.0 Å². The third kappa shape index (κ3) is 2.54. The van der Waals surface area contributed by atoms with E-state index in [4.69, 9.17) is 12.2 Å². The summed E-state index contributed by atoms with van der Waals surface area (Å²) >= 11 is 6.46. The molecule has 5 nitrogen and oxygen atoms in total. The zero-order valence-corrected chi connectivity index (χ0v) is 13.4. The Kier molecular flexibility index (Phi) is 3.24. The van der Waals surface area contributed by atoms with Gasteiger partial charge >= 0.3 is 0 Å². The first-order valence-corrected chi connectivity index (χ1v) is 8.18. The highest BCUT2D eigenvalue weighted by Crippen LogP contribution is 2.31. The van der Waals surface area contributed by atoms with Crippen LogP contribution in [-0.4, -0.2) is 16.9 Å². The van der Waals surface area contributed by atoms with Crippen LogP contribution in [0.1, 0.15) is 20.8 Å². The Hall–Kier alpha value is -2.51. The van der Waals surface area contributed by atoms with Crippen molar-refractivity contribution >= 4 is 46.6 Å². The molecule has 1 saturated heterocycles. The van der Waals surface area contributed by atoms with E-state index < -0.39 is 0 Å². The molecule has 0 radical (unpaired) electrons. The van der Waals surface area contributed by atoms with E-state index in [2.05, 4.69) is 16.0 Å². The number of hydrogen-bond acceptors (Lipinski definition) is 4. The molecule has 0 atom stereocenters. The van der Waals surface area contributed by atoms with Crippen molar-refractivity contribution in [1.29, 1.82) is 0 Å². The summed E-state index contributed by atoms with van der Waals surface area (Å²) in [4.78, 5) is 25.4. The molecule has 0 bridgehead atoms. The average Bonchev–Trinajstić information content (AvgIpc) is 3.21. The predicted molar refractivity (Wildman–Crippen MR) is 92.8 cm³/mol. The third-order valence-corrected chi connectivity index (χ3v) is 5.00. The number of benzene rings is 1. The summed E-state index contributed by atoms with van der Waals surface area (Å²) in [5.41, 5.74) is 3.20. The molecule has 0 saturated carbocycles. The largest absolute Gasteiger partial charge is 0.348 e. The topological polar surface area (TPSA) is 70.2 Å². The van der Waals surface area contributed by atoms with E-state index in [0.717, 1.165) is 26.4 Å². The van der Waals surface area contributed by atoms with Gasteiger partial charge in [0.15, 0.2) is 5.11 Å². The van der Waals surface area contributed by atoms with Crippen LogP contribution in [0.15, 0.2) is 36.0 Å². The molecular formula is C16H11N3O2S2. The molecule has 0 spiro atoms. The van der Waals surface area contributed by atoms with Crippen molar-refractivity contribution in [3.63, 3.8) is 0 Å². The van der Waals surface area contributed by atoms with Gasteiger partial charge in [0.05, 0.1) is 0 Å². The van der Waals surface area contributed by atoms with Crippen molar-refractivity contribution in [3.8, 4) is 10.4 Å². The molecule has 2 amide bonds. The maximum Gasteiger partial charge on any atom is 0.273 e. The smallest absolute Gasteiger partial charge is 0.273 e. The number of fused-ring (bicyclic) bond motifs is 1. The molecule has 23 heavy (non-hydrogen) atoms. The number of hydrogen-bond donors (Lipinski definition) is 3. The van der Waals surface area contributed by atoms with Gasteiger partial charge in [0.1, 0.15) is 5.70 Å². The SMILES string of the molecule is O=C1NC(=S)NC1=Cc1ccc(-c2ccc3c(c2)C(=O)NC3)s1. The van der Waals surface area contributed by atoms with Crippen molar-refractivity contribution in [2.45, 2.75) is 6.54 Å². The Morgan fingerprint density at radius 1 is 1.09 bits per heavy atom. The van der Waals surface area contributed by atoms with Gasteiger partial charge in [0.25, 0.3) is 11.8 Å². The maximum atomic E-state index is 11.8. The zero-order chi connectivity index (χ0) is 16.0. The minimum absolute atomic E-state index is 0.0268. The molecule has 4 rings (SSSR count). The summed E-state index contributed by atoms with van der Waals surface area (Å²) in [7, 11) is 0. The fourth-order valence-corrected chi connectivity index (χ4v) is 3.73. The van der Waals surface area contributed by atoms with Gasteiger partial charge in [-0.2, -0.15) is 0 Å². The van der Waals surface area contributed by atoms with Crippen LogP contribution in [0.2, 0.25) is 0 Å². The van der Waals surface area contributed by atoms with Gasteiger partial charge in [0, 0.05) is 21.9 Å². The van der Waals surface area contributed by atoms with E-state index >= 15 is 0 Å². The van der Waals surface area contributed by atoms with Crippen molar-refractivity contribution in [2.24, 2.45) is 0 Å². The Morgan fingerprint density at radius 3 is 2.74 bits per heavy atom. The molecule has 1 aromatic heterocycles. The van der Waals surface area contributed by atoms with Crippen LogP contribution in [0, 0.1) is 0 Å². The van der Waals surface area contributed by atoms with Crippen LogP contribution in [0.5, 0.6) is 0 Å². The number of amides is 2. The molecule has 2 aromatic rings. The quantitative estimate of drug-likeness (QED) is 0.577. The van der Waals surface area contributed by atoms with Crippen molar-refractivity contribution in [2.75, 3.05) is 0 Å². The lowest BCUT2D eigenvalue weighted by Crippen LogP contribution is -2.21. The monoisotopic (exact) mass is 341 g/mol. The Balaban J connectivity index is 1.65. The molecule has 1 aromatic carbocycles. The second-order valence-corrected chi connectivity index (χ2v) is 6.75. The Bertz CT molecular complexity index is 898. The molecule has 3 N–H and O–H groups in total. The van der Waals surface area contributed by atoms with E-state index in [1.807, 2.05) is 30.3 Å². The third-order valence-electron chi connectivity index (χ3n) is 3.71. The Labute approximate surface area is 141 Å². The molecule has 1 fully saturated rings. The number of carbonyl (C=O) groups excluding carboxylic acids is 2. The summed E-state index contributed by atoms with van der Waals surface area (Å²) in [6.07, 6.45) is 1.77. The maximum absolute atomic E-state index is 11.8.